The van der Waals surface area contributed by atoms with Crippen LogP contribution >= 0.6 is 0 Å². The third-order valence-electron chi connectivity index (χ3n) is 9.10. The molecule has 14 heteroatoms. The molecule has 0 aliphatic carbocycles. The van der Waals surface area contributed by atoms with Crippen LogP contribution in [0.15, 0.2) is 29.8 Å². The van der Waals surface area contributed by atoms with Crippen molar-refractivity contribution in [3.05, 3.63) is 52.1 Å². The summed E-state index contributed by atoms with van der Waals surface area (Å²) in [5.41, 5.74) is 5.59. The van der Waals surface area contributed by atoms with Crippen LogP contribution in [0.1, 0.15) is 99.9 Å². The van der Waals surface area contributed by atoms with E-state index in [0.29, 0.717) is 65.6 Å². The molecule has 1 aliphatic heterocycles. The van der Waals surface area contributed by atoms with Crippen molar-refractivity contribution < 1.29 is 58.0 Å². The molecule has 0 aromatic heterocycles. The topological polar surface area (TPSA) is 180 Å². The molecule has 2 amide bonds. The summed E-state index contributed by atoms with van der Waals surface area (Å²) in [7, 11) is 6.18. The van der Waals surface area contributed by atoms with Gasteiger partial charge in [0, 0.05) is 22.8 Å². The van der Waals surface area contributed by atoms with E-state index in [9.17, 15) is 14.4 Å². The van der Waals surface area contributed by atoms with Crippen LogP contribution in [0.25, 0.3) is 0 Å². The number of fused-ring (bicyclic) bond motifs is 1. The minimum absolute atomic E-state index is 0.0502. The van der Waals surface area contributed by atoms with E-state index in [1.54, 1.807) is 37.3 Å². The molecule has 0 spiro atoms. The molecule has 52 heavy (non-hydrogen) atoms. The van der Waals surface area contributed by atoms with Crippen LogP contribution in [-0.2, 0) is 31.9 Å². The Kier molecular flexibility index (Phi) is 15.3. The molecular formula is C38H54N2O12. The van der Waals surface area contributed by atoms with Crippen LogP contribution in [0.5, 0.6) is 28.7 Å². The van der Waals surface area contributed by atoms with E-state index in [1.165, 1.54) is 14.2 Å². The number of ketones is 1. The Bertz CT molecular complexity index is 1600. The summed E-state index contributed by atoms with van der Waals surface area (Å²) >= 11 is 0. The van der Waals surface area contributed by atoms with Gasteiger partial charge in [-0.3, -0.25) is 24.8 Å². The second-order valence-electron chi connectivity index (χ2n) is 13.8. The van der Waals surface area contributed by atoms with Crippen molar-refractivity contribution >= 4 is 17.6 Å². The molecule has 0 fully saturated rings. The summed E-state index contributed by atoms with van der Waals surface area (Å²) in [5, 5.41) is 17.5. The number of benzene rings is 2. The highest BCUT2D eigenvalue weighted by molar-refractivity contribution is 6.03. The number of methoxy groups -OCH3 is 4. The van der Waals surface area contributed by atoms with E-state index in [2.05, 4.69) is 6.08 Å². The number of allylic oxidation sites excluding steroid dienone is 2. The van der Waals surface area contributed by atoms with Crippen LogP contribution < -0.4 is 34.6 Å². The van der Waals surface area contributed by atoms with Crippen molar-refractivity contribution in [2.24, 2.45) is 0 Å². The quantitative estimate of drug-likeness (QED) is 0.0752. The zero-order valence-corrected chi connectivity index (χ0v) is 31.7. The number of hydrogen-bond donors (Lipinski definition) is 4. The molecule has 0 radical (unpaired) electrons. The van der Waals surface area contributed by atoms with Crippen molar-refractivity contribution in [1.82, 2.24) is 11.0 Å². The molecule has 4 N–H and O–H groups in total. The first-order valence-corrected chi connectivity index (χ1v) is 17.1. The zero-order valence-electron chi connectivity index (χ0n) is 31.7. The van der Waals surface area contributed by atoms with Gasteiger partial charge in [0.25, 0.3) is 11.8 Å². The summed E-state index contributed by atoms with van der Waals surface area (Å²) < 4.78 is 40.9. The maximum absolute atomic E-state index is 14.0. The molecule has 2 aromatic rings. The summed E-state index contributed by atoms with van der Waals surface area (Å²) in [5.74, 6) is 0.860. The van der Waals surface area contributed by atoms with Crippen molar-refractivity contribution in [2.45, 2.75) is 96.9 Å². The van der Waals surface area contributed by atoms with Gasteiger partial charge in [-0.15, -0.1) is 0 Å². The number of ether oxygens (including phenoxy) is 7. The van der Waals surface area contributed by atoms with Crippen LogP contribution in [0.4, 0.5) is 0 Å². The smallest absolute Gasteiger partial charge is 0.269 e. The second kappa shape index (κ2) is 18.9. The van der Waals surface area contributed by atoms with Gasteiger partial charge in [-0.2, -0.15) is 0 Å². The lowest BCUT2D eigenvalue weighted by molar-refractivity contribution is -0.140. The molecule has 14 nitrogen and oxygen atoms in total. The summed E-state index contributed by atoms with van der Waals surface area (Å²) in [6.45, 7) is 8.96. The van der Waals surface area contributed by atoms with E-state index in [-0.39, 0.29) is 25.4 Å². The Labute approximate surface area is 305 Å². The van der Waals surface area contributed by atoms with Crippen molar-refractivity contribution in [1.29, 1.82) is 0 Å². The fraction of sp³-hybridized carbons (Fsp3) is 0.553. The molecule has 0 saturated carbocycles. The largest absolute Gasteiger partial charge is 0.496 e. The number of hydrogen-bond acceptors (Lipinski definition) is 12. The van der Waals surface area contributed by atoms with Crippen molar-refractivity contribution in [2.75, 3.05) is 41.7 Å². The van der Waals surface area contributed by atoms with Crippen LogP contribution in [0.3, 0.4) is 0 Å². The Morgan fingerprint density at radius 3 is 2.02 bits per heavy atom. The van der Waals surface area contributed by atoms with Gasteiger partial charge < -0.3 is 33.2 Å². The number of hydroxylamine groups is 2. The minimum Gasteiger partial charge on any atom is -0.496 e. The van der Waals surface area contributed by atoms with E-state index in [4.69, 9.17) is 43.6 Å². The molecule has 1 atom stereocenters. The first-order chi connectivity index (χ1) is 24.6. The first-order valence-electron chi connectivity index (χ1n) is 17.1. The van der Waals surface area contributed by atoms with E-state index >= 15 is 0 Å². The first kappa shape index (κ1) is 42.0. The Morgan fingerprint density at radius 2 is 1.46 bits per heavy atom. The van der Waals surface area contributed by atoms with Crippen molar-refractivity contribution in [3.63, 3.8) is 0 Å². The van der Waals surface area contributed by atoms with E-state index < -0.39 is 29.1 Å². The number of nitrogens with one attached hydrogen (secondary N) is 2. The number of carbonyl (C=O) groups is 3. The molecule has 2 aromatic carbocycles. The standard InChI is InChI=1S/C38H54N2O12/c1-23(11-10-17-37(2,3)50-21-32(42)39-44)12-13-25-24(14-15-28(46-6)35(25)48-8)30-19-27(41)34-31(52-30)20-29(47-7)26(36(34)49-9)16-18-38(4,5)51-22-33(43)40-45/h12,14-15,20,30,44-45H,10-11,13,16-19,21-22H2,1-9H3,(H,39,42)(H,40,43). The fourth-order valence-electron chi connectivity index (χ4n) is 6.14. The molecule has 0 bridgehead atoms. The SMILES string of the molecule is COc1cc2c(c(OC)c1CCC(C)(C)OCC(=O)NO)C(=O)CC(c1ccc(OC)c(OC)c1CC=C(C)CCCC(C)(C)OCC(=O)NO)O2. The predicted molar refractivity (Wildman–Crippen MR) is 191 cm³/mol. The highest BCUT2D eigenvalue weighted by atomic mass is 16.5. The third kappa shape index (κ3) is 11.1. The Morgan fingerprint density at radius 1 is 0.865 bits per heavy atom. The zero-order chi connectivity index (χ0) is 38.6. The lowest BCUT2D eigenvalue weighted by atomic mass is 9.88. The summed E-state index contributed by atoms with van der Waals surface area (Å²) in [4.78, 5) is 36.8. The molecule has 1 heterocycles. The van der Waals surface area contributed by atoms with Crippen LogP contribution in [0, 0.1) is 0 Å². The van der Waals surface area contributed by atoms with Gasteiger partial charge in [0.2, 0.25) is 0 Å². The van der Waals surface area contributed by atoms with Gasteiger partial charge >= 0.3 is 0 Å². The van der Waals surface area contributed by atoms with E-state index in [0.717, 1.165) is 29.5 Å². The molecule has 0 saturated heterocycles. The fourth-order valence-corrected chi connectivity index (χ4v) is 6.14. The molecule has 1 unspecified atom stereocenters. The number of Topliss-reactive ketones (excluding diaryl/α,β-unsaturated/α-hetero) is 1. The number of amides is 2. The Balaban J connectivity index is 1.89. The molecule has 288 valence electrons. The highest BCUT2D eigenvalue weighted by Crippen LogP contribution is 2.48. The molecular weight excluding hydrogens is 676 g/mol. The van der Waals surface area contributed by atoms with Gasteiger partial charge in [0.1, 0.15) is 42.1 Å². The average Bonchev–Trinajstić information content (AvgIpc) is 3.12. The molecule has 3 rings (SSSR count). The summed E-state index contributed by atoms with van der Waals surface area (Å²) in [6, 6.07) is 5.40. The van der Waals surface area contributed by atoms with Crippen molar-refractivity contribution in [3.8, 4) is 28.7 Å². The van der Waals surface area contributed by atoms with Crippen LogP contribution in [-0.4, -0.2) is 80.9 Å². The maximum Gasteiger partial charge on any atom is 0.269 e. The monoisotopic (exact) mass is 730 g/mol. The van der Waals surface area contributed by atoms with Gasteiger partial charge in [-0.05, 0) is 79.2 Å². The average molecular weight is 731 g/mol. The number of rotatable bonds is 20. The van der Waals surface area contributed by atoms with Gasteiger partial charge in [-0.25, -0.2) is 11.0 Å². The predicted octanol–water partition coefficient (Wildman–Crippen LogP) is 5.62. The minimum atomic E-state index is -0.744. The van der Waals surface area contributed by atoms with Gasteiger partial charge in [0.05, 0.1) is 46.1 Å². The van der Waals surface area contributed by atoms with Gasteiger partial charge in [0.15, 0.2) is 17.3 Å². The maximum atomic E-state index is 14.0. The number of carbonyl (C=O) groups excluding carboxylic acids is 3. The van der Waals surface area contributed by atoms with E-state index in [1.807, 2.05) is 40.7 Å². The third-order valence-corrected chi connectivity index (χ3v) is 9.10. The Hall–Kier alpha value is -4.37. The molecule has 1 aliphatic rings. The second-order valence-corrected chi connectivity index (χ2v) is 13.8. The van der Waals surface area contributed by atoms with Crippen LogP contribution in [0.2, 0.25) is 0 Å². The lowest BCUT2D eigenvalue weighted by Crippen LogP contribution is -2.32. The highest BCUT2D eigenvalue weighted by Gasteiger charge is 2.36. The normalized spacial score (nSPS) is 14.6. The lowest BCUT2D eigenvalue weighted by Gasteiger charge is -2.31. The summed E-state index contributed by atoms with van der Waals surface area (Å²) in [6.07, 6.45) is 5.17. The van der Waals surface area contributed by atoms with Gasteiger partial charge in [-0.1, -0.05) is 17.7 Å².